The first-order valence-corrected chi connectivity index (χ1v) is 11.4. The second-order valence-corrected chi connectivity index (χ2v) is 8.10. The average molecular weight is 525 g/mol. The van der Waals surface area contributed by atoms with Crippen molar-refractivity contribution in [3.63, 3.8) is 0 Å². The van der Waals surface area contributed by atoms with Crippen LogP contribution in [0.2, 0.25) is 0 Å². The molecule has 2 unspecified atom stereocenters. The molecule has 0 bridgehead atoms. The molecule has 4 aromatic carbocycles. The number of carbonyl (C=O) groups is 2. The van der Waals surface area contributed by atoms with Gasteiger partial charge in [0.25, 0.3) is 0 Å². The van der Waals surface area contributed by atoms with Crippen LogP contribution in [0.3, 0.4) is 0 Å². The largest absolute Gasteiger partial charge is 0.481 e. The van der Waals surface area contributed by atoms with Gasteiger partial charge in [-0.2, -0.15) is 0 Å². The summed E-state index contributed by atoms with van der Waals surface area (Å²) in [7, 11) is 0. The Morgan fingerprint density at radius 1 is 0.541 bits per heavy atom. The van der Waals surface area contributed by atoms with Gasteiger partial charge in [-0.05, 0) is 73.5 Å². The summed E-state index contributed by atoms with van der Waals surface area (Å²) in [5, 5.41) is 18.0. The molecule has 6 nitrogen and oxygen atoms in total. The van der Waals surface area contributed by atoms with Crippen molar-refractivity contribution in [2.24, 2.45) is 0 Å². The number of hydrogen-bond acceptors (Lipinski definition) is 4. The Kier molecular flexibility index (Phi) is 12.2. The molecular weight excluding hydrogens is 496 g/mol. The van der Waals surface area contributed by atoms with Gasteiger partial charge in [-0.15, -0.1) is 0 Å². The molecule has 0 fully saturated rings. The van der Waals surface area contributed by atoms with E-state index in [9.17, 15) is 9.59 Å². The molecule has 0 saturated heterocycles. The van der Waals surface area contributed by atoms with E-state index in [1.165, 1.54) is 0 Å². The Bertz CT molecular complexity index is 1180. The van der Waals surface area contributed by atoms with Crippen LogP contribution in [0.1, 0.15) is 36.8 Å². The van der Waals surface area contributed by atoms with Crippen LogP contribution in [-0.4, -0.2) is 59.9 Å². The van der Waals surface area contributed by atoms with Crippen molar-refractivity contribution in [2.75, 3.05) is 0 Å². The van der Waals surface area contributed by atoms with E-state index in [1.54, 1.807) is 50.2 Å². The second-order valence-electron chi connectivity index (χ2n) is 8.10. The van der Waals surface area contributed by atoms with Gasteiger partial charge in [0.05, 0.1) is 11.8 Å². The predicted molar refractivity (Wildman–Crippen MR) is 144 cm³/mol. The third kappa shape index (κ3) is 9.57. The molecule has 0 saturated carbocycles. The van der Waals surface area contributed by atoms with Crippen molar-refractivity contribution in [3.05, 3.63) is 120 Å². The van der Waals surface area contributed by atoms with Crippen molar-refractivity contribution < 1.29 is 29.3 Å². The summed E-state index contributed by atoms with van der Waals surface area (Å²) < 4.78 is 11.3. The van der Waals surface area contributed by atoms with Crippen LogP contribution in [0.5, 0.6) is 23.0 Å². The molecule has 0 aliphatic carbocycles. The van der Waals surface area contributed by atoms with E-state index in [0.717, 1.165) is 22.6 Å². The maximum absolute atomic E-state index is 10.9. The molecule has 0 aliphatic heterocycles. The molecule has 37 heavy (non-hydrogen) atoms. The van der Waals surface area contributed by atoms with E-state index in [4.69, 9.17) is 19.7 Å². The average Bonchev–Trinajstić information content (AvgIpc) is 2.89. The van der Waals surface area contributed by atoms with Gasteiger partial charge in [0.2, 0.25) is 0 Å². The zero-order valence-electron chi connectivity index (χ0n) is 20.8. The van der Waals surface area contributed by atoms with Crippen molar-refractivity contribution in [3.8, 4) is 23.0 Å². The van der Waals surface area contributed by atoms with Gasteiger partial charge in [-0.25, -0.2) is 0 Å². The Hall–Kier alpha value is -3.32. The minimum Gasteiger partial charge on any atom is -0.481 e. The van der Waals surface area contributed by atoms with E-state index in [-0.39, 0.29) is 37.7 Å². The molecule has 2 N–H and O–H groups in total. The van der Waals surface area contributed by atoms with Crippen LogP contribution in [-0.2, 0) is 9.59 Å². The minimum absolute atomic E-state index is 0. The Balaban J connectivity index is 0.000000253. The molecule has 0 heterocycles. The first-order valence-electron chi connectivity index (χ1n) is 11.4. The third-order valence-electron chi connectivity index (χ3n) is 5.41. The predicted octanol–water partition coefficient (Wildman–Crippen LogP) is 6.95. The van der Waals surface area contributed by atoms with E-state index in [1.807, 2.05) is 72.8 Å². The summed E-state index contributed by atoms with van der Waals surface area (Å²) in [4.78, 5) is 21.9. The molecule has 4 rings (SSSR count). The monoisotopic (exact) mass is 524 g/mol. The normalized spacial score (nSPS) is 11.5. The number of hydrogen-bond donors (Lipinski definition) is 2. The van der Waals surface area contributed by atoms with Crippen molar-refractivity contribution in [1.82, 2.24) is 0 Å². The minimum atomic E-state index is -0.841. The molecule has 186 valence electrons. The Labute approximate surface area is 246 Å². The van der Waals surface area contributed by atoms with Gasteiger partial charge < -0.3 is 19.7 Å². The van der Waals surface area contributed by atoms with Crippen LogP contribution in [0, 0.1) is 0 Å². The summed E-state index contributed by atoms with van der Waals surface area (Å²) >= 11 is 0. The van der Waals surface area contributed by atoms with Gasteiger partial charge in [0, 0.05) is 37.7 Å². The van der Waals surface area contributed by atoms with E-state index < -0.39 is 23.8 Å². The van der Waals surface area contributed by atoms with Crippen LogP contribution in [0.25, 0.3) is 0 Å². The van der Waals surface area contributed by atoms with Gasteiger partial charge in [0.1, 0.15) is 23.0 Å². The number of para-hydroxylation sites is 2. The molecule has 0 aromatic heterocycles. The van der Waals surface area contributed by atoms with Crippen molar-refractivity contribution in [2.45, 2.75) is 25.7 Å². The summed E-state index contributed by atoms with van der Waals surface area (Å²) in [5.41, 5.74) is 1.46. The first kappa shape index (κ1) is 29.9. The van der Waals surface area contributed by atoms with Crippen LogP contribution >= 0.6 is 0 Å². The fraction of sp³-hybridized carbons (Fsp3) is 0.133. The standard InChI is InChI=1S/2C15H14O3.Ca/c2*1-11(15(16)17)12-6-5-9-14(10-12)18-13-7-3-2-4-8-13;/h2*2-11H,1H3,(H,16,17);. The maximum atomic E-state index is 10.9. The van der Waals surface area contributed by atoms with Crippen LogP contribution in [0.4, 0.5) is 0 Å². The molecule has 0 amide bonds. The van der Waals surface area contributed by atoms with E-state index in [2.05, 4.69) is 0 Å². The Morgan fingerprint density at radius 3 is 1.19 bits per heavy atom. The topological polar surface area (TPSA) is 93.1 Å². The van der Waals surface area contributed by atoms with Gasteiger partial charge in [-0.1, -0.05) is 60.7 Å². The second kappa shape index (κ2) is 15.1. The molecule has 2 radical (unpaired) electrons. The van der Waals surface area contributed by atoms with Gasteiger partial charge in [-0.3, -0.25) is 9.59 Å². The van der Waals surface area contributed by atoms with E-state index in [0.29, 0.717) is 11.5 Å². The summed E-state index contributed by atoms with van der Waals surface area (Å²) in [6.45, 7) is 3.31. The summed E-state index contributed by atoms with van der Waals surface area (Å²) in [6, 6.07) is 33.1. The van der Waals surface area contributed by atoms with Crippen molar-refractivity contribution in [1.29, 1.82) is 0 Å². The zero-order chi connectivity index (χ0) is 25.9. The van der Waals surface area contributed by atoms with Gasteiger partial charge >= 0.3 is 11.9 Å². The smallest absolute Gasteiger partial charge is 0.310 e. The molecule has 0 aliphatic rings. The fourth-order valence-electron chi connectivity index (χ4n) is 3.23. The van der Waals surface area contributed by atoms with E-state index >= 15 is 0 Å². The fourth-order valence-corrected chi connectivity index (χ4v) is 3.23. The molecule has 0 spiro atoms. The molecular formula is C30H28CaO6. The quantitative estimate of drug-likeness (QED) is 0.242. The van der Waals surface area contributed by atoms with Gasteiger partial charge in [0.15, 0.2) is 0 Å². The molecule has 7 heteroatoms. The molecule has 2 atom stereocenters. The number of ether oxygens (including phenoxy) is 2. The summed E-state index contributed by atoms with van der Waals surface area (Å²) in [5.74, 6) is 0.00113. The number of rotatable bonds is 8. The number of carboxylic acid groups (broad SMARTS) is 2. The van der Waals surface area contributed by atoms with Crippen LogP contribution < -0.4 is 9.47 Å². The first-order chi connectivity index (χ1) is 17.3. The number of carboxylic acids is 2. The van der Waals surface area contributed by atoms with Crippen LogP contribution in [0.15, 0.2) is 109 Å². The third-order valence-corrected chi connectivity index (χ3v) is 5.41. The Morgan fingerprint density at radius 2 is 0.865 bits per heavy atom. The number of benzene rings is 4. The van der Waals surface area contributed by atoms with Crippen molar-refractivity contribution >= 4 is 49.7 Å². The zero-order valence-corrected chi connectivity index (χ0v) is 23.0. The molecule has 4 aromatic rings. The summed E-state index contributed by atoms with van der Waals surface area (Å²) in [6.07, 6.45) is 0. The number of aliphatic carboxylic acids is 2. The maximum Gasteiger partial charge on any atom is 0.310 e. The SMILES string of the molecule is CC(C(=O)O)c1cccc(Oc2ccccc2)c1.CC(C(=O)O)c1cccc(Oc2ccccc2)c1.[Ca].